The van der Waals surface area contributed by atoms with Gasteiger partial charge in [0, 0.05) is 11.2 Å². The Balaban J connectivity index is 2.20. The van der Waals surface area contributed by atoms with Crippen LogP contribution in [0.5, 0.6) is 0 Å². The first-order chi connectivity index (χ1) is 5.20. The highest BCUT2D eigenvalue weighted by molar-refractivity contribution is 7.32. The van der Waals surface area contributed by atoms with E-state index < -0.39 is 20.5 Å². The van der Waals surface area contributed by atoms with Gasteiger partial charge in [-0.1, -0.05) is 0 Å². The van der Waals surface area contributed by atoms with Gasteiger partial charge in [0.15, 0.2) is 0 Å². The van der Waals surface area contributed by atoms with Crippen molar-refractivity contribution in [1.82, 2.24) is 0 Å². The molecule has 11 heavy (non-hydrogen) atoms. The van der Waals surface area contributed by atoms with E-state index in [4.69, 9.17) is 14.7 Å². The van der Waals surface area contributed by atoms with E-state index in [1.807, 2.05) is 0 Å². The van der Waals surface area contributed by atoms with Gasteiger partial charge >= 0.3 is 8.25 Å². The van der Waals surface area contributed by atoms with Crippen LogP contribution in [0.1, 0.15) is 6.42 Å². The predicted octanol–water partition coefficient (Wildman–Crippen LogP) is -0.198. The third-order valence-electron chi connectivity index (χ3n) is 1.52. The van der Waals surface area contributed by atoms with Gasteiger partial charge in [-0.05, 0) is 6.42 Å². The van der Waals surface area contributed by atoms with E-state index in [9.17, 15) is 4.57 Å². The SMILES string of the molecule is O=[P+](O)OC[C@H]1OCC[C@H]1O. The number of rotatable bonds is 3. The van der Waals surface area contributed by atoms with E-state index in [0.29, 0.717) is 13.0 Å². The Kier molecular flexibility index (Phi) is 3.36. The van der Waals surface area contributed by atoms with Crippen molar-refractivity contribution in [3.8, 4) is 0 Å². The minimum absolute atomic E-state index is 0.0210. The van der Waals surface area contributed by atoms with E-state index in [-0.39, 0.29) is 6.61 Å². The molecule has 0 radical (unpaired) electrons. The molecular weight excluding hydrogens is 171 g/mol. The summed E-state index contributed by atoms with van der Waals surface area (Å²) in [6, 6.07) is 0. The van der Waals surface area contributed by atoms with Crippen LogP contribution in [0, 0.1) is 0 Å². The summed E-state index contributed by atoms with van der Waals surface area (Å²) in [5.74, 6) is 0. The topological polar surface area (TPSA) is 76.0 Å². The molecule has 5 nitrogen and oxygen atoms in total. The van der Waals surface area contributed by atoms with Gasteiger partial charge < -0.3 is 9.84 Å². The van der Waals surface area contributed by atoms with Crippen LogP contribution in [-0.2, 0) is 13.8 Å². The van der Waals surface area contributed by atoms with Crippen molar-refractivity contribution in [3.63, 3.8) is 0 Å². The van der Waals surface area contributed by atoms with Gasteiger partial charge in [-0.25, -0.2) is 0 Å². The molecule has 1 heterocycles. The number of hydrogen-bond donors (Lipinski definition) is 2. The van der Waals surface area contributed by atoms with Gasteiger partial charge in [0.05, 0.1) is 6.10 Å². The maximum absolute atomic E-state index is 10.1. The smallest absolute Gasteiger partial charge is 0.390 e. The number of ether oxygens (including phenoxy) is 1. The van der Waals surface area contributed by atoms with Crippen molar-refractivity contribution in [3.05, 3.63) is 0 Å². The molecule has 0 amide bonds. The van der Waals surface area contributed by atoms with E-state index in [1.54, 1.807) is 0 Å². The summed E-state index contributed by atoms with van der Waals surface area (Å²) < 4.78 is 19.4. The second-order valence-electron chi connectivity index (χ2n) is 2.30. The average Bonchev–Trinajstić information content (AvgIpc) is 2.31. The molecule has 0 bridgehead atoms. The van der Waals surface area contributed by atoms with Crippen molar-refractivity contribution < 1.29 is 23.8 Å². The second-order valence-corrected chi connectivity index (χ2v) is 3.03. The largest absolute Gasteiger partial charge is 0.694 e. The van der Waals surface area contributed by atoms with Crippen molar-refractivity contribution >= 4 is 8.25 Å². The minimum Gasteiger partial charge on any atom is -0.390 e. The summed E-state index contributed by atoms with van der Waals surface area (Å²) in [6.45, 7) is 0.463. The normalized spacial score (nSPS) is 32.4. The van der Waals surface area contributed by atoms with E-state index in [2.05, 4.69) is 4.52 Å². The van der Waals surface area contributed by atoms with Crippen LogP contribution < -0.4 is 0 Å². The standard InChI is InChI=1S/C5H9O5P/c6-4-1-2-9-5(4)3-10-11(7)8/h4-6H,1-3H2/p+1/t4-,5-/m1/s1. The summed E-state index contributed by atoms with van der Waals surface area (Å²) >= 11 is 0. The summed E-state index contributed by atoms with van der Waals surface area (Å²) in [5, 5.41) is 9.12. The number of aliphatic hydroxyl groups is 1. The van der Waals surface area contributed by atoms with Crippen molar-refractivity contribution in [2.75, 3.05) is 13.2 Å². The van der Waals surface area contributed by atoms with Gasteiger partial charge in [0.25, 0.3) is 0 Å². The molecule has 1 aliphatic rings. The molecular formula is C5H10O5P+. The Morgan fingerprint density at radius 1 is 1.73 bits per heavy atom. The third-order valence-corrected chi connectivity index (χ3v) is 1.89. The molecule has 1 saturated heterocycles. The van der Waals surface area contributed by atoms with Crippen LogP contribution >= 0.6 is 8.25 Å². The molecule has 0 spiro atoms. The van der Waals surface area contributed by atoms with Gasteiger partial charge in [0.2, 0.25) is 0 Å². The Hall–Kier alpha value is -0.0600. The maximum atomic E-state index is 10.1. The van der Waals surface area contributed by atoms with Crippen LogP contribution in [0.2, 0.25) is 0 Å². The zero-order valence-corrected chi connectivity index (χ0v) is 6.74. The molecule has 1 aliphatic heterocycles. The molecule has 1 fully saturated rings. The Labute approximate surface area is 64.9 Å². The summed E-state index contributed by atoms with van der Waals surface area (Å²) in [7, 11) is -2.58. The fraction of sp³-hybridized carbons (Fsp3) is 1.00. The molecule has 0 aromatic rings. The Morgan fingerprint density at radius 3 is 2.91 bits per heavy atom. The molecule has 0 aliphatic carbocycles. The third kappa shape index (κ3) is 2.81. The van der Waals surface area contributed by atoms with Gasteiger partial charge in [-0.3, -0.25) is 0 Å². The van der Waals surface area contributed by atoms with Crippen LogP contribution in [-0.4, -0.2) is 35.4 Å². The predicted molar refractivity (Wildman–Crippen MR) is 36.1 cm³/mol. The monoisotopic (exact) mass is 181 g/mol. The zero-order valence-electron chi connectivity index (χ0n) is 5.84. The molecule has 0 saturated carbocycles. The zero-order chi connectivity index (χ0) is 8.27. The summed E-state index contributed by atoms with van der Waals surface area (Å²) in [5.41, 5.74) is 0. The molecule has 2 N–H and O–H groups in total. The quantitative estimate of drug-likeness (QED) is 0.590. The first-order valence-electron chi connectivity index (χ1n) is 3.29. The Morgan fingerprint density at radius 2 is 2.45 bits per heavy atom. The van der Waals surface area contributed by atoms with Crippen molar-refractivity contribution in [1.29, 1.82) is 0 Å². The van der Waals surface area contributed by atoms with E-state index in [0.717, 1.165) is 0 Å². The molecule has 0 aromatic carbocycles. The highest BCUT2D eigenvalue weighted by Gasteiger charge is 2.29. The lowest BCUT2D eigenvalue weighted by Crippen LogP contribution is -2.25. The summed E-state index contributed by atoms with van der Waals surface area (Å²) in [4.78, 5) is 8.25. The first kappa shape index (κ1) is 9.03. The molecule has 3 atom stereocenters. The van der Waals surface area contributed by atoms with Gasteiger partial charge in [0.1, 0.15) is 12.7 Å². The van der Waals surface area contributed by atoms with E-state index >= 15 is 0 Å². The lowest BCUT2D eigenvalue weighted by molar-refractivity contribution is 0.0104. The van der Waals surface area contributed by atoms with E-state index in [1.165, 1.54) is 0 Å². The average molecular weight is 181 g/mol. The number of hydrogen-bond acceptors (Lipinski definition) is 4. The molecule has 1 rings (SSSR count). The van der Waals surface area contributed by atoms with Gasteiger partial charge in [-0.2, -0.15) is 0 Å². The lowest BCUT2D eigenvalue weighted by Gasteiger charge is -2.07. The van der Waals surface area contributed by atoms with Crippen molar-refractivity contribution in [2.45, 2.75) is 18.6 Å². The van der Waals surface area contributed by atoms with Crippen molar-refractivity contribution in [2.24, 2.45) is 0 Å². The maximum Gasteiger partial charge on any atom is 0.694 e. The molecule has 6 heteroatoms. The minimum atomic E-state index is -2.58. The molecule has 1 unspecified atom stereocenters. The van der Waals surface area contributed by atoms with Crippen LogP contribution in [0.4, 0.5) is 0 Å². The number of aliphatic hydroxyl groups excluding tert-OH is 1. The first-order valence-corrected chi connectivity index (χ1v) is 4.42. The fourth-order valence-electron chi connectivity index (χ4n) is 0.934. The van der Waals surface area contributed by atoms with Crippen LogP contribution in [0.25, 0.3) is 0 Å². The second kappa shape index (κ2) is 4.09. The molecule has 0 aromatic heterocycles. The fourth-order valence-corrected chi connectivity index (χ4v) is 1.21. The summed E-state index contributed by atoms with van der Waals surface area (Å²) in [6.07, 6.45) is -0.443. The van der Waals surface area contributed by atoms with Crippen LogP contribution in [0.3, 0.4) is 0 Å². The van der Waals surface area contributed by atoms with Gasteiger partial charge in [-0.15, -0.1) is 9.42 Å². The van der Waals surface area contributed by atoms with Crippen LogP contribution in [0.15, 0.2) is 0 Å². The highest BCUT2D eigenvalue weighted by Crippen LogP contribution is 2.20. The lowest BCUT2D eigenvalue weighted by atomic mass is 10.2. The Bertz CT molecular complexity index is 150. The molecule has 64 valence electrons. The highest BCUT2D eigenvalue weighted by atomic mass is 31.1.